The third-order valence-corrected chi connectivity index (χ3v) is 2.81. The first-order chi connectivity index (χ1) is 8.31. The summed E-state index contributed by atoms with van der Waals surface area (Å²) in [5, 5.41) is 6.88. The molecule has 0 spiro atoms. The molecule has 0 aliphatic heterocycles. The van der Waals surface area contributed by atoms with E-state index in [1.165, 1.54) is 0 Å². The topological polar surface area (TPSA) is 60.2 Å². The van der Waals surface area contributed by atoms with Crippen LogP contribution in [0.15, 0.2) is 33.3 Å². The summed E-state index contributed by atoms with van der Waals surface area (Å²) in [4.78, 5) is 4.24. The van der Waals surface area contributed by atoms with E-state index in [1.807, 2.05) is 24.3 Å². The number of anilines is 1. The number of aromatic nitrogens is 2. The third-order valence-electron chi connectivity index (χ3n) is 2.12. The molecule has 0 saturated carbocycles. The Bertz CT molecular complexity index is 487. The van der Waals surface area contributed by atoms with Gasteiger partial charge in [0.15, 0.2) is 0 Å². The molecule has 1 aromatic heterocycles. The minimum atomic E-state index is 0.396. The van der Waals surface area contributed by atoms with Crippen molar-refractivity contribution in [1.82, 2.24) is 10.1 Å². The molecule has 2 aromatic rings. The fraction of sp³-hybridized carbons (Fsp3) is 0.273. The summed E-state index contributed by atoms with van der Waals surface area (Å²) in [7, 11) is 1.64. The highest BCUT2D eigenvalue weighted by Crippen LogP contribution is 2.25. The van der Waals surface area contributed by atoms with Crippen LogP contribution in [0.3, 0.4) is 0 Å². The lowest BCUT2D eigenvalue weighted by molar-refractivity contribution is 0.210. The molecule has 0 aliphatic rings. The zero-order chi connectivity index (χ0) is 12.1. The lowest BCUT2D eigenvalue weighted by Gasteiger charge is -1.98. The highest BCUT2D eigenvalue weighted by Gasteiger charge is 2.10. The number of hydrogen-bond acceptors (Lipinski definition) is 5. The van der Waals surface area contributed by atoms with Gasteiger partial charge in [-0.05, 0) is 12.1 Å². The molecule has 6 heteroatoms. The Labute approximate surface area is 107 Å². The Morgan fingerprint density at radius 1 is 1.41 bits per heavy atom. The van der Waals surface area contributed by atoms with Gasteiger partial charge in [0.25, 0.3) is 0 Å². The molecule has 0 atom stereocenters. The van der Waals surface area contributed by atoms with Gasteiger partial charge in [0.1, 0.15) is 0 Å². The molecule has 1 aromatic carbocycles. The average Bonchev–Trinajstić information content (AvgIpc) is 2.79. The standard InChI is InChI=1S/C11H12BrN3O2/c1-16-7-6-13-11-14-10(15-17-11)8-4-2-3-5-9(8)12/h2-5H,6-7H2,1H3,(H,13,14,15). The molecule has 90 valence electrons. The van der Waals surface area contributed by atoms with Crippen LogP contribution in [0.5, 0.6) is 0 Å². The van der Waals surface area contributed by atoms with Gasteiger partial charge in [-0.3, -0.25) is 0 Å². The summed E-state index contributed by atoms with van der Waals surface area (Å²) in [5.41, 5.74) is 0.899. The van der Waals surface area contributed by atoms with Gasteiger partial charge in [-0.1, -0.05) is 33.2 Å². The van der Waals surface area contributed by atoms with Crippen molar-refractivity contribution in [3.63, 3.8) is 0 Å². The van der Waals surface area contributed by atoms with Crippen molar-refractivity contribution in [2.75, 3.05) is 25.6 Å². The lowest BCUT2D eigenvalue weighted by Crippen LogP contribution is -2.07. The predicted molar refractivity (Wildman–Crippen MR) is 67.8 cm³/mol. The van der Waals surface area contributed by atoms with E-state index in [2.05, 4.69) is 31.4 Å². The summed E-state index contributed by atoms with van der Waals surface area (Å²) < 4.78 is 10.9. The van der Waals surface area contributed by atoms with Gasteiger partial charge in [-0.25, -0.2) is 0 Å². The smallest absolute Gasteiger partial charge is 0.321 e. The summed E-state index contributed by atoms with van der Waals surface area (Å²) in [6.07, 6.45) is 0. The van der Waals surface area contributed by atoms with Crippen LogP contribution in [0, 0.1) is 0 Å². The minimum absolute atomic E-state index is 0.396. The van der Waals surface area contributed by atoms with E-state index >= 15 is 0 Å². The molecule has 0 bridgehead atoms. The molecule has 2 rings (SSSR count). The van der Waals surface area contributed by atoms with Gasteiger partial charge in [0.2, 0.25) is 5.82 Å². The highest BCUT2D eigenvalue weighted by molar-refractivity contribution is 9.10. The Morgan fingerprint density at radius 3 is 3.00 bits per heavy atom. The van der Waals surface area contributed by atoms with Crippen LogP contribution in [0.2, 0.25) is 0 Å². The van der Waals surface area contributed by atoms with Crippen LogP contribution in [-0.2, 0) is 4.74 Å². The summed E-state index contributed by atoms with van der Waals surface area (Å²) in [6.45, 7) is 1.22. The quantitative estimate of drug-likeness (QED) is 0.860. The second-order valence-electron chi connectivity index (χ2n) is 3.32. The van der Waals surface area contributed by atoms with Crippen molar-refractivity contribution < 1.29 is 9.26 Å². The second kappa shape index (κ2) is 5.79. The summed E-state index contributed by atoms with van der Waals surface area (Å²) in [5.74, 6) is 0.553. The zero-order valence-corrected chi connectivity index (χ0v) is 10.9. The highest BCUT2D eigenvalue weighted by atomic mass is 79.9. The van der Waals surface area contributed by atoms with Gasteiger partial charge in [0, 0.05) is 23.7 Å². The van der Waals surface area contributed by atoms with Crippen molar-refractivity contribution >= 4 is 21.9 Å². The van der Waals surface area contributed by atoms with Crippen molar-refractivity contribution in [2.45, 2.75) is 0 Å². The van der Waals surface area contributed by atoms with E-state index in [1.54, 1.807) is 7.11 Å². The van der Waals surface area contributed by atoms with E-state index < -0.39 is 0 Å². The normalized spacial score (nSPS) is 10.5. The molecular weight excluding hydrogens is 286 g/mol. The number of halogens is 1. The molecule has 5 nitrogen and oxygen atoms in total. The molecule has 0 fully saturated rings. The molecule has 17 heavy (non-hydrogen) atoms. The van der Waals surface area contributed by atoms with E-state index in [4.69, 9.17) is 9.26 Å². The first kappa shape index (κ1) is 12.1. The van der Waals surface area contributed by atoms with E-state index in [9.17, 15) is 0 Å². The fourth-order valence-corrected chi connectivity index (χ4v) is 1.77. The summed E-state index contributed by atoms with van der Waals surface area (Å²) >= 11 is 3.44. The largest absolute Gasteiger partial charge is 0.383 e. The number of nitrogens with zero attached hydrogens (tertiary/aromatic N) is 2. The first-order valence-electron chi connectivity index (χ1n) is 5.12. The van der Waals surface area contributed by atoms with Crippen molar-refractivity contribution in [1.29, 1.82) is 0 Å². The van der Waals surface area contributed by atoms with Crippen molar-refractivity contribution in [2.24, 2.45) is 0 Å². The zero-order valence-electron chi connectivity index (χ0n) is 9.31. The molecule has 0 unspecified atom stereocenters. The number of methoxy groups -OCH3 is 1. The molecule has 1 heterocycles. The van der Waals surface area contributed by atoms with Crippen LogP contribution in [0.1, 0.15) is 0 Å². The number of hydrogen-bond donors (Lipinski definition) is 1. The SMILES string of the molecule is COCCNc1nc(-c2ccccc2Br)no1. The number of ether oxygens (including phenoxy) is 1. The second-order valence-corrected chi connectivity index (χ2v) is 4.18. The Hall–Kier alpha value is -1.40. The van der Waals surface area contributed by atoms with Gasteiger partial charge < -0.3 is 14.6 Å². The third kappa shape index (κ3) is 3.04. The van der Waals surface area contributed by atoms with Crippen molar-refractivity contribution in [3.05, 3.63) is 28.7 Å². The predicted octanol–water partition coefficient (Wildman–Crippen LogP) is 2.56. The molecule has 0 aliphatic carbocycles. The number of benzene rings is 1. The molecule has 1 N–H and O–H groups in total. The van der Waals surface area contributed by atoms with Crippen LogP contribution < -0.4 is 5.32 Å². The average molecular weight is 298 g/mol. The van der Waals surface area contributed by atoms with Gasteiger partial charge in [-0.15, -0.1) is 0 Å². The molecule has 0 radical (unpaired) electrons. The van der Waals surface area contributed by atoms with Gasteiger partial charge in [0.05, 0.1) is 6.61 Å². The Morgan fingerprint density at radius 2 is 2.24 bits per heavy atom. The van der Waals surface area contributed by atoms with Gasteiger partial charge >= 0.3 is 6.01 Å². The van der Waals surface area contributed by atoms with E-state index in [0.717, 1.165) is 10.0 Å². The fourth-order valence-electron chi connectivity index (χ4n) is 1.31. The minimum Gasteiger partial charge on any atom is -0.383 e. The lowest BCUT2D eigenvalue weighted by atomic mass is 10.2. The maximum atomic E-state index is 5.07. The Balaban J connectivity index is 2.10. The molecule has 0 saturated heterocycles. The van der Waals surface area contributed by atoms with Crippen LogP contribution in [-0.4, -0.2) is 30.4 Å². The monoisotopic (exact) mass is 297 g/mol. The number of rotatable bonds is 5. The molecule has 0 amide bonds. The van der Waals surface area contributed by atoms with E-state index in [0.29, 0.717) is 25.0 Å². The first-order valence-corrected chi connectivity index (χ1v) is 5.92. The maximum Gasteiger partial charge on any atom is 0.321 e. The summed E-state index contributed by atoms with van der Waals surface area (Å²) in [6, 6.07) is 8.12. The Kier molecular flexibility index (Phi) is 4.11. The van der Waals surface area contributed by atoms with E-state index in [-0.39, 0.29) is 0 Å². The molecular formula is C11H12BrN3O2. The maximum absolute atomic E-state index is 5.07. The number of nitrogens with one attached hydrogen (secondary N) is 1. The van der Waals surface area contributed by atoms with Crippen LogP contribution in [0.25, 0.3) is 11.4 Å². The van der Waals surface area contributed by atoms with Crippen LogP contribution >= 0.6 is 15.9 Å². The van der Waals surface area contributed by atoms with Crippen LogP contribution in [0.4, 0.5) is 6.01 Å². The van der Waals surface area contributed by atoms with Crippen molar-refractivity contribution in [3.8, 4) is 11.4 Å². The van der Waals surface area contributed by atoms with Gasteiger partial charge in [-0.2, -0.15) is 4.98 Å².